The zero-order valence-corrected chi connectivity index (χ0v) is 13.1. The van der Waals surface area contributed by atoms with E-state index in [0.717, 1.165) is 5.52 Å². The molecule has 114 valence electrons. The number of nitrogens with zero attached hydrogens (tertiary/aromatic N) is 3. The van der Waals surface area contributed by atoms with Crippen LogP contribution in [0.5, 0.6) is 5.88 Å². The lowest BCUT2D eigenvalue weighted by Gasteiger charge is -2.10. The molecule has 2 aromatic rings. The fourth-order valence-corrected chi connectivity index (χ4v) is 2.31. The van der Waals surface area contributed by atoms with Crippen LogP contribution in [0.4, 0.5) is 0 Å². The van der Waals surface area contributed by atoms with E-state index in [0.29, 0.717) is 36.9 Å². The molecular weight excluding hydrogens is 292 g/mol. The number of rotatable bonds is 6. The monoisotopic (exact) mass is 310 g/mol. The number of pyridine rings is 1. The van der Waals surface area contributed by atoms with Crippen molar-refractivity contribution in [2.24, 2.45) is 0 Å². The topological polar surface area (TPSA) is 69.0 Å². The van der Waals surface area contributed by atoms with Crippen molar-refractivity contribution < 1.29 is 9.53 Å². The average Bonchev–Trinajstić information content (AvgIpc) is 2.83. The largest absolute Gasteiger partial charge is 0.481 e. The van der Waals surface area contributed by atoms with E-state index in [-0.39, 0.29) is 11.3 Å². The lowest BCUT2D eigenvalue weighted by molar-refractivity contribution is -0.121. The van der Waals surface area contributed by atoms with Gasteiger partial charge in [-0.05, 0) is 19.9 Å². The molecule has 2 heterocycles. The first-order chi connectivity index (χ1) is 10.1. The first kappa shape index (κ1) is 15.6. The number of nitrogens with one attached hydrogen (secondary N) is 1. The van der Waals surface area contributed by atoms with E-state index in [4.69, 9.17) is 16.3 Å². The minimum absolute atomic E-state index is 0.00424. The minimum Gasteiger partial charge on any atom is -0.481 e. The Bertz CT molecular complexity index is 639. The van der Waals surface area contributed by atoms with Crippen LogP contribution in [0.25, 0.3) is 11.2 Å². The quantitative estimate of drug-likeness (QED) is 0.831. The van der Waals surface area contributed by atoms with Gasteiger partial charge in [0.15, 0.2) is 5.65 Å². The van der Waals surface area contributed by atoms with Gasteiger partial charge >= 0.3 is 0 Å². The third-order valence-corrected chi connectivity index (χ3v) is 3.29. The fraction of sp³-hybridized carbons (Fsp3) is 0.500. The lowest BCUT2D eigenvalue weighted by Crippen LogP contribution is -2.24. The lowest BCUT2D eigenvalue weighted by atomic mass is 10.3. The normalized spacial score (nSPS) is 12.4. The number of imidazole rings is 1. The van der Waals surface area contributed by atoms with E-state index < -0.39 is 0 Å². The Morgan fingerprint density at radius 3 is 2.86 bits per heavy atom. The Morgan fingerprint density at radius 2 is 2.24 bits per heavy atom. The van der Waals surface area contributed by atoms with Crippen LogP contribution in [0.1, 0.15) is 31.5 Å². The maximum atomic E-state index is 11.7. The number of fused-ring (bicyclic) bond motifs is 1. The van der Waals surface area contributed by atoms with E-state index in [1.54, 1.807) is 13.2 Å². The van der Waals surface area contributed by atoms with E-state index in [9.17, 15) is 4.79 Å². The summed E-state index contributed by atoms with van der Waals surface area (Å²) in [5, 5.41) is 2.51. The van der Waals surface area contributed by atoms with Crippen LogP contribution in [-0.2, 0) is 11.3 Å². The number of hydrogen-bond donors (Lipinski definition) is 1. The number of ether oxygens (including phenoxy) is 1. The minimum atomic E-state index is -0.264. The third kappa shape index (κ3) is 3.44. The SMILES string of the molecule is CCNC(=O)CCn1c(C(C)Cl)nc2ccc(OC)nc21. The second-order valence-electron chi connectivity index (χ2n) is 4.64. The molecule has 1 N–H and O–H groups in total. The van der Waals surface area contributed by atoms with Crippen molar-refractivity contribution in [3.8, 4) is 5.88 Å². The van der Waals surface area contributed by atoms with E-state index in [1.165, 1.54) is 0 Å². The second-order valence-corrected chi connectivity index (χ2v) is 5.29. The van der Waals surface area contributed by atoms with Gasteiger partial charge < -0.3 is 14.6 Å². The molecule has 0 aliphatic heterocycles. The van der Waals surface area contributed by atoms with E-state index >= 15 is 0 Å². The second kappa shape index (κ2) is 6.76. The Kier molecular flexibility index (Phi) is 5.01. The van der Waals surface area contributed by atoms with Gasteiger partial charge in [0.1, 0.15) is 11.3 Å². The fourth-order valence-electron chi connectivity index (χ4n) is 2.14. The molecule has 21 heavy (non-hydrogen) atoms. The Labute approximate surface area is 128 Å². The molecule has 0 aromatic carbocycles. The molecule has 0 bridgehead atoms. The van der Waals surface area contributed by atoms with Crippen molar-refractivity contribution in [1.82, 2.24) is 19.9 Å². The number of alkyl halides is 1. The number of aromatic nitrogens is 3. The van der Waals surface area contributed by atoms with Crippen molar-refractivity contribution >= 4 is 28.7 Å². The predicted octanol–water partition coefficient (Wildman–Crippen LogP) is 2.27. The zero-order chi connectivity index (χ0) is 15.4. The molecule has 0 saturated carbocycles. The van der Waals surface area contributed by atoms with Crippen LogP contribution in [0, 0.1) is 0 Å². The van der Waals surface area contributed by atoms with Crippen LogP contribution >= 0.6 is 11.6 Å². The van der Waals surface area contributed by atoms with E-state index in [1.807, 2.05) is 24.5 Å². The summed E-state index contributed by atoms with van der Waals surface area (Å²) in [6.45, 7) is 4.84. The molecule has 7 heteroatoms. The molecule has 0 radical (unpaired) electrons. The maximum absolute atomic E-state index is 11.7. The highest BCUT2D eigenvalue weighted by atomic mass is 35.5. The molecule has 1 unspecified atom stereocenters. The van der Waals surface area contributed by atoms with Gasteiger partial charge in [0, 0.05) is 25.6 Å². The average molecular weight is 311 g/mol. The Morgan fingerprint density at radius 1 is 1.48 bits per heavy atom. The summed E-state index contributed by atoms with van der Waals surface area (Å²) in [5.74, 6) is 1.21. The number of halogens is 1. The summed E-state index contributed by atoms with van der Waals surface area (Å²) in [7, 11) is 1.56. The van der Waals surface area contributed by atoms with Crippen LogP contribution < -0.4 is 10.1 Å². The van der Waals surface area contributed by atoms with Gasteiger partial charge in [-0.1, -0.05) is 0 Å². The van der Waals surface area contributed by atoms with Crippen LogP contribution in [0.3, 0.4) is 0 Å². The molecular formula is C14H19ClN4O2. The summed E-state index contributed by atoms with van der Waals surface area (Å²) in [5.41, 5.74) is 1.43. The summed E-state index contributed by atoms with van der Waals surface area (Å²) in [6.07, 6.45) is 0.356. The molecule has 0 fully saturated rings. The van der Waals surface area contributed by atoms with Crippen LogP contribution in [-0.4, -0.2) is 34.1 Å². The maximum Gasteiger partial charge on any atom is 0.221 e. The van der Waals surface area contributed by atoms with Crippen LogP contribution in [0.15, 0.2) is 12.1 Å². The molecule has 0 aliphatic carbocycles. The standard InChI is InChI=1S/C14H19ClN4O2/c1-4-16-11(20)7-8-19-13(9(2)15)17-10-5-6-12(21-3)18-14(10)19/h5-6,9H,4,7-8H2,1-3H3,(H,16,20). The summed E-state index contributed by atoms with van der Waals surface area (Å²) in [6, 6.07) is 3.60. The molecule has 0 saturated heterocycles. The predicted molar refractivity (Wildman–Crippen MR) is 81.6 cm³/mol. The molecule has 1 atom stereocenters. The molecule has 2 aromatic heterocycles. The van der Waals surface area contributed by atoms with Crippen molar-refractivity contribution in [2.75, 3.05) is 13.7 Å². The number of amides is 1. The van der Waals surface area contributed by atoms with Gasteiger partial charge in [0.05, 0.1) is 12.5 Å². The molecule has 0 spiro atoms. The van der Waals surface area contributed by atoms with Gasteiger partial charge in [-0.2, -0.15) is 4.98 Å². The van der Waals surface area contributed by atoms with Crippen molar-refractivity contribution in [2.45, 2.75) is 32.2 Å². The molecule has 2 rings (SSSR count). The number of methoxy groups -OCH3 is 1. The van der Waals surface area contributed by atoms with Crippen molar-refractivity contribution in [1.29, 1.82) is 0 Å². The molecule has 0 aliphatic rings. The first-order valence-electron chi connectivity index (χ1n) is 6.88. The summed E-state index contributed by atoms with van der Waals surface area (Å²) < 4.78 is 7.03. The number of carbonyl (C=O) groups excluding carboxylic acids is 1. The smallest absolute Gasteiger partial charge is 0.221 e. The molecule has 1 amide bonds. The Hall–Kier alpha value is -1.82. The van der Waals surface area contributed by atoms with Gasteiger partial charge in [0.25, 0.3) is 0 Å². The van der Waals surface area contributed by atoms with Crippen molar-refractivity contribution in [3.63, 3.8) is 0 Å². The highest BCUT2D eigenvalue weighted by molar-refractivity contribution is 6.20. The molecule has 6 nitrogen and oxygen atoms in total. The van der Waals surface area contributed by atoms with E-state index in [2.05, 4.69) is 15.3 Å². The summed E-state index contributed by atoms with van der Waals surface area (Å²) in [4.78, 5) is 20.6. The van der Waals surface area contributed by atoms with Crippen LogP contribution in [0.2, 0.25) is 0 Å². The number of aryl methyl sites for hydroxylation is 1. The Balaban J connectivity index is 2.37. The highest BCUT2D eigenvalue weighted by Gasteiger charge is 2.17. The first-order valence-corrected chi connectivity index (χ1v) is 7.32. The third-order valence-electron chi connectivity index (χ3n) is 3.10. The number of hydrogen-bond acceptors (Lipinski definition) is 4. The van der Waals surface area contributed by atoms with Crippen molar-refractivity contribution in [3.05, 3.63) is 18.0 Å². The summed E-state index contributed by atoms with van der Waals surface area (Å²) >= 11 is 6.19. The van der Waals surface area contributed by atoms with Gasteiger partial charge in [0.2, 0.25) is 11.8 Å². The number of carbonyl (C=O) groups is 1. The zero-order valence-electron chi connectivity index (χ0n) is 12.4. The van der Waals surface area contributed by atoms with Gasteiger partial charge in [-0.25, -0.2) is 4.98 Å². The van der Waals surface area contributed by atoms with Gasteiger partial charge in [-0.15, -0.1) is 11.6 Å². The van der Waals surface area contributed by atoms with Gasteiger partial charge in [-0.3, -0.25) is 4.79 Å². The highest BCUT2D eigenvalue weighted by Crippen LogP contribution is 2.25.